The Balaban J connectivity index is 2.42. The van der Waals surface area contributed by atoms with Gasteiger partial charge in [-0.05, 0) is 12.5 Å². The Morgan fingerprint density at radius 3 is 2.75 bits per heavy atom. The molecule has 1 saturated heterocycles. The van der Waals surface area contributed by atoms with Crippen LogP contribution in [0.2, 0.25) is 0 Å². The Kier molecular flexibility index (Phi) is 3.84. The molecule has 7 nitrogen and oxygen atoms in total. The smallest absolute Gasteiger partial charge is 0.342 e. The summed E-state index contributed by atoms with van der Waals surface area (Å²) in [5, 5.41) is 28.8. The molecule has 0 aliphatic carbocycles. The van der Waals surface area contributed by atoms with Crippen molar-refractivity contribution in [1.29, 1.82) is 0 Å². The van der Waals surface area contributed by atoms with Crippen LogP contribution in [0.15, 0.2) is 12.1 Å². The zero-order valence-corrected chi connectivity index (χ0v) is 10.5. The van der Waals surface area contributed by atoms with Gasteiger partial charge in [0, 0.05) is 25.6 Å². The molecule has 1 aromatic carbocycles. The first-order valence-electron chi connectivity index (χ1n) is 6.01. The van der Waals surface area contributed by atoms with Crippen molar-refractivity contribution in [3.8, 4) is 0 Å². The van der Waals surface area contributed by atoms with Crippen molar-refractivity contribution in [2.75, 3.05) is 24.6 Å². The number of nitrogens with zero attached hydrogens (tertiary/aromatic N) is 2. The molecule has 1 aliphatic heterocycles. The van der Waals surface area contributed by atoms with Crippen LogP contribution in [0.25, 0.3) is 0 Å². The van der Waals surface area contributed by atoms with E-state index < -0.39 is 28.0 Å². The maximum Gasteiger partial charge on any atom is 0.342 e. The van der Waals surface area contributed by atoms with Gasteiger partial charge in [-0.3, -0.25) is 10.1 Å². The number of nitro groups is 1. The van der Waals surface area contributed by atoms with Crippen LogP contribution in [0.1, 0.15) is 16.8 Å². The van der Waals surface area contributed by atoms with Crippen LogP contribution in [0.3, 0.4) is 0 Å². The monoisotopic (exact) mass is 284 g/mol. The fourth-order valence-electron chi connectivity index (χ4n) is 2.32. The molecule has 108 valence electrons. The average Bonchev–Trinajstić information content (AvgIpc) is 2.86. The van der Waals surface area contributed by atoms with E-state index in [1.165, 1.54) is 0 Å². The standard InChI is InChI=1S/C12H13FN2O5/c13-9-4-10(15(19)20)8(12(17)18)3-11(9)14-2-1-7(5-14)6-16/h3-4,7,16H,1-2,5-6H2,(H,17,18). The molecule has 8 heteroatoms. The summed E-state index contributed by atoms with van der Waals surface area (Å²) in [4.78, 5) is 22.4. The number of anilines is 1. The van der Waals surface area contributed by atoms with Gasteiger partial charge in [0.2, 0.25) is 0 Å². The first-order valence-corrected chi connectivity index (χ1v) is 6.01. The van der Waals surface area contributed by atoms with Gasteiger partial charge in [-0.1, -0.05) is 0 Å². The van der Waals surface area contributed by atoms with E-state index in [-0.39, 0.29) is 18.2 Å². The van der Waals surface area contributed by atoms with Crippen LogP contribution < -0.4 is 4.90 Å². The lowest BCUT2D eigenvalue weighted by Gasteiger charge is -2.19. The second kappa shape index (κ2) is 5.41. The average molecular weight is 284 g/mol. The topological polar surface area (TPSA) is 104 Å². The minimum atomic E-state index is -1.48. The second-order valence-corrected chi connectivity index (χ2v) is 4.67. The van der Waals surface area contributed by atoms with Crippen molar-refractivity contribution in [1.82, 2.24) is 0 Å². The maximum absolute atomic E-state index is 13.9. The highest BCUT2D eigenvalue weighted by Gasteiger charge is 2.28. The van der Waals surface area contributed by atoms with Gasteiger partial charge in [0.05, 0.1) is 16.7 Å². The third-order valence-corrected chi connectivity index (χ3v) is 3.38. The lowest BCUT2D eigenvalue weighted by atomic mass is 10.1. The van der Waals surface area contributed by atoms with Crippen LogP contribution >= 0.6 is 0 Å². The number of halogens is 1. The molecular formula is C12H13FN2O5. The molecule has 1 aromatic rings. The molecule has 2 N–H and O–H groups in total. The molecule has 1 fully saturated rings. The minimum Gasteiger partial charge on any atom is -0.477 e. The molecule has 0 saturated carbocycles. The number of carboxylic acids is 1. The number of aliphatic hydroxyl groups is 1. The summed E-state index contributed by atoms with van der Waals surface area (Å²) in [6.07, 6.45) is 0.662. The minimum absolute atomic E-state index is 0.00197. The van der Waals surface area contributed by atoms with Gasteiger partial charge in [-0.25, -0.2) is 9.18 Å². The van der Waals surface area contributed by atoms with Gasteiger partial charge in [-0.15, -0.1) is 0 Å². The molecule has 1 unspecified atom stereocenters. The quantitative estimate of drug-likeness (QED) is 0.637. The predicted octanol–water partition coefficient (Wildman–Crippen LogP) is 1.25. The highest BCUT2D eigenvalue weighted by molar-refractivity contribution is 5.93. The fourth-order valence-corrected chi connectivity index (χ4v) is 2.32. The Bertz CT molecular complexity index is 563. The summed E-state index contributed by atoms with van der Waals surface area (Å²) in [6.45, 7) is 0.834. The van der Waals surface area contributed by atoms with Gasteiger partial charge >= 0.3 is 5.97 Å². The van der Waals surface area contributed by atoms with E-state index in [1.807, 2.05) is 0 Å². The number of aromatic carboxylic acids is 1. The van der Waals surface area contributed by atoms with Crippen molar-refractivity contribution >= 4 is 17.3 Å². The fraction of sp³-hybridized carbons (Fsp3) is 0.417. The number of hydrogen-bond donors (Lipinski definition) is 2. The van der Waals surface area contributed by atoms with Crippen molar-refractivity contribution in [2.24, 2.45) is 5.92 Å². The highest BCUT2D eigenvalue weighted by Crippen LogP contribution is 2.31. The van der Waals surface area contributed by atoms with E-state index in [4.69, 9.17) is 10.2 Å². The number of benzene rings is 1. The van der Waals surface area contributed by atoms with Crippen molar-refractivity contribution in [3.63, 3.8) is 0 Å². The predicted molar refractivity (Wildman–Crippen MR) is 67.4 cm³/mol. The number of hydrogen-bond acceptors (Lipinski definition) is 5. The summed E-state index contributed by atoms with van der Waals surface area (Å²) in [5.74, 6) is -2.31. The van der Waals surface area contributed by atoms with Crippen molar-refractivity contribution < 1.29 is 24.3 Å². The molecule has 0 bridgehead atoms. The normalized spacial score (nSPS) is 18.3. The molecular weight excluding hydrogens is 271 g/mol. The molecule has 0 aromatic heterocycles. The van der Waals surface area contributed by atoms with E-state index in [1.54, 1.807) is 4.90 Å². The zero-order valence-electron chi connectivity index (χ0n) is 10.5. The van der Waals surface area contributed by atoms with Gasteiger partial charge < -0.3 is 15.1 Å². The van der Waals surface area contributed by atoms with E-state index in [2.05, 4.69) is 0 Å². The van der Waals surface area contributed by atoms with Gasteiger partial charge in [0.15, 0.2) is 5.82 Å². The number of aliphatic hydroxyl groups excluding tert-OH is 1. The zero-order chi connectivity index (χ0) is 14.9. The SMILES string of the molecule is O=C(O)c1cc(N2CCC(CO)C2)c(F)cc1[N+](=O)[O-]. The van der Waals surface area contributed by atoms with Gasteiger partial charge in [0.1, 0.15) is 5.56 Å². The second-order valence-electron chi connectivity index (χ2n) is 4.67. The summed E-state index contributed by atoms with van der Waals surface area (Å²) in [6, 6.07) is 1.61. The molecule has 0 spiro atoms. The third kappa shape index (κ3) is 2.55. The number of carboxylic acid groups (broad SMARTS) is 1. The Morgan fingerprint density at radius 2 is 2.25 bits per heavy atom. The van der Waals surface area contributed by atoms with Crippen molar-refractivity contribution in [3.05, 3.63) is 33.6 Å². The molecule has 0 radical (unpaired) electrons. The van der Waals surface area contributed by atoms with Crippen molar-refractivity contribution in [2.45, 2.75) is 6.42 Å². The summed E-state index contributed by atoms with van der Waals surface area (Å²) < 4.78 is 13.9. The highest BCUT2D eigenvalue weighted by atomic mass is 19.1. The third-order valence-electron chi connectivity index (χ3n) is 3.38. The van der Waals surface area contributed by atoms with E-state index in [0.29, 0.717) is 25.6 Å². The Labute approximate surface area is 113 Å². The molecule has 20 heavy (non-hydrogen) atoms. The maximum atomic E-state index is 13.9. The first-order chi connectivity index (χ1) is 9.43. The van der Waals surface area contributed by atoms with E-state index >= 15 is 0 Å². The molecule has 1 atom stereocenters. The summed E-state index contributed by atoms with van der Waals surface area (Å²) in [5.41, 5.74) is -1.29. The lowest BCUT2D eigenvalue weighted by molar-refractivity contribution is -0.385. The Morgan fingerprint density at radius 1 is 1.55 bits per heavy atom. The number of carbonyl (C=O) groups is 1. The van der Waals surface area contributed by atoms with Crippen LogP contribution in [0, 0.1) is 21.8 Å². The van der Waals surface area contributed by atoms with Gasteiger partial charge in [0.25, 0.3) is 5.69 Å². The molecule has 2 rings (SSSR count). The molecule has 1 aliphatic rings. The van der Waals surface area contributed by atoms with Gasteiger partial charge in [-0.2, -0.15) is 0 Å². The lowest BCUT2D eigenvalue weighted by Crippen LogP contribution is -2.22. The first kappa shape index (κ1) is 14.2. The van der Waals surface area contributed by atoms with E-state index in [9.17, 15) is 19.3 Å². The number of nitro benzene ring substituents is 1. The summed E-state index contributed by atoms with van der Waals surface area (Å²) in [7, 11) is 0. The van der Waals surface area contributed by atoms with Crippen LogP contribution in [0.5, 0.6) is 0 Å². The van der Waals surface area contributed by atoms with Crippen LogP contribution in [-0.4, -0.2) is 40.8 Å². The number of rotatable bonds is 4. The molecule has 1 heterocycles. The van der Waals surface area contributed by atoms with E-state index in [0.717, 1.165) is 6.07 Å². The largest absolute Gasteiger partial charge is 0.477 e. The Hall–Kier alpha value is -2.22. The summed E-state index contributed by atoms with van der Waals surface area (Å²) >= 11 is 0. The molecule has 0 amide bonds. The van der Waals surface area contributed by atoms with Crippen LogP contribution in [0.4, 0.5) is 15.8 Å². The van der Waals surface area contributed by atoms with Crippen LogP contribution in [-0.2, 0) is 0 Å².